The van der Waals surface area contributed by atoms with Crippen LogP contribution in [0.3, 0.4) is 0 Å². The van der Waals surface area contributed by atoms with Crippen molar-refractivity contribution in [1.29, 1.82) is 0 Å². The summed E-state index contributed by atoms with van der Waals surface area (Å²) in [6, 6.07) is 0. The molecule has 0 aromatic rings. The zero-order chi connectivity index (χ0) is 18.4. The second-order valence-corrected chi connectivity index (χ2v) is 9.31. The second-order valence-electron chi connectivity index (χ2n) is 9.31. The van der Waals surface area contributed by atoms with E-state index >= 15 is 0 Å². The molecule has 25 heavy (non-hydrogen) atoms. The van der Waals surface area contributed by atoms with Gasteiger partial charge in [0, 0.05) is 0 Å². The van der Waals surface area contributed by atoms with Crippen molar-refractivity contribution in [3.05, 3.63) is 0 Å². The summed E-state index contributed by atoms with van der Waals surface area (Å²) in [5.74, 6) is 0.478. The van der Waals surface area contributed by atoms with Crippen LogP contribution in [-0.2, 0) is 19.1 Å². The maximum Gasteiger partial charge on any atom is 0.312 e. The molecule has 0 aliphatic heterocycles. The molecule has 6 heteroatoms. The summed E-state index contributed by atoms with van der Waals surface area (Å²) in [5, 5.41) is 18.3. The van der Waals surface area contributed by atoms with Crippen LogP contribution in [0.1, 0.15) is 52.9 Å². The highest BCUT2D eigenvalue weighted by atomic mass is 16.6. The first-order valence-corrected chi connectivity index (χ1v) is 9.32. The van der Waals surface area contributed by atoms with Gasteiger partial charge < -0.3 is 19.7 Å². The topological polar surface area (TPSA) is 93.1 Å². The van der Waals surface area contributed by atoms with E-state index in [9.17, 15) is 14.7 Å². The van der Waals surface area contributed by atoms with Gasteiger partial charge in [0.2, 0.25) is 0 Å². The zero-order valence-corrected chi connectivity index (χ0v) is 15.4. The van der Waals surface area contributed by atoms with E-state index in [-0.39, 0.29) is 36.5 Å². The van der Waals surface area contributed by atoms with E-state index in [0.717, 1.165) is 19.3 Å². The molecule has 0 amide bonds. The van der Waals surface area contributed by atoms with Gasteiger partial charge in [-0.2, -0.15) is 0 Å². The number of carbonyl (C=O) groups is 2. The lowest BCUT2D eigenvalue weighted by Gasteiger charge is -2.58. The van der Waals surface area contributed by atoms with Gasteiger partial charge in [-0.25, -0.2) is 0 Å². The molecule has 4 aliphatic carbocycles. The fourth-order valence-corrected chi connectivity index (χ4v) is 5.10. The SMILES string of the molecule is CC(C)(C)C(=O)OC1C2CC3CC1CC(C(=O)OCC(O)CO)(C3)C2. The lowest BCUT2D eigenvalue weighted by molar-refractivity contribution is -0.201. The Hall–Kier alpha value is -1.14. The molecule has 2 N–H and O–H groups in total. The van der Waals surface area contributed by atoms with Crippen molar-refractivity contribution in [2.24, 2.45) is 28.6 Å². The van der Waals surface area contributed by atoms with Crippen molar-refractivity contribution >= 4 is 11.9 Å². The normalized spacial score (nSPS) is 37.6. The average Bonchev–Trinajstić information content (AvgIpc) is 2.53. The average molecular weight is 354 g/mol. The summed E-state index contributed by atoms with van der Waals surface area (Å²) in [6.07, 6.45) is 3.10. The van der Waals surface area contributed by atoms with E-state index in [0.29, 0.717) is 18.8 Å². The molecule has 4 rings (SSSR count). The number of esters is 2. The standard InChI is InChI=1S/C19H30O6/c1-18(2,3)16(22)25-15-12-4-11-5-13(15)8-19(6-11,7-12)17(23)24-10-14(21)9-20/h11-15,20-21H,4-10H2,1-3H3. The Kier molecular flexibility index (Phi) is 4.88. The van der Waals surface area contributed by atoms with Crippen molar-refractivity contribution in [2.75, 3.05) is 13.2 Å². The van der Waals surface area contributed by atoms with Gasteiger partial charge in [-0.3, -0.25) is 9.59 Å². The molecule has 0 saturated heterocycles. The smallest absolute Gasteiger partial charge is 0.312 e. The number of aliphatic hydroxyl groups is 2. The highest BCUT2D eigenvalue weighted by Gasteiger charge is 2.60. The first-order chi connectivity index (χ1) is 11.6. The van der Waals surface area contributed by atoms with Crippen LogP contribution >= 0.6 is 0 Å². The van der Waals surface area contributed by atoms with E-state index in [1.54, 1.807) is 0 Å². The van der Waals surface area contributed by atoms with Gasteiger partial charge in [0.15, 0.2) is 0 Å². The van der Waals surface area contributed by atoms with Crippen LogP contribution in [0.15, 0.2) is 0 Å². The van der Waals surface area contributed by atoms with Gasteiger partial charge in [-0.1, -0.05) is 0 Å². The van der Waals surface area contributed by atoms with Crippen LogP contribution in [-0.4, -0.2) is 47.6 Å². The van der Waals surface area contributed by atoms with Crippen molar-refractivity contribution < 1.29 is 29.3 Å². The van der Waals surface area contributed by atoms with Crippen LogP contribution in [0.25, 0.3) is 0 Å². The third kappa shape index (κ3) is 3.56. The quantitative estimate of drug-likeness (QED) is 0.730. The van der Waals surface area contributed by atoms with E-state index in [4.69, 9.17) is 14.6 Å². The molecule has 0 aromatic heterocycles. The van der Waals surface area contributed by atoms with Gasteiger partial charge >= 0.3 is 11.9 Å². The first-order valence-electron chi connectivity index (χ1n) is 9.32. The van der Waals surface area contributed by atoms with Crippen LogP contribution < -0.4 is 0 Å². The highest BCUT2D eigenvalue weighted by Crippen LogP contribution is 2.61. The fourth-order valence-electron chi connectivity index (χ4n) is 5.10. The van der Waals surface area contributed by atoms with Crippen molar-refractivity contribution in [3.63, 3.8) is 0 Å². The fraction of sp³-hybridized carbons (Fsp3) is 0.895. The Labute approximate surface area is 148 Å². The summed E-state index contributed by atoms with van der Waals surface area (Å²) < 4.78 is 11.2. The van der Waals surface area contributed by atoms with Gasteiger partial charge in [-0.05, 0) is 70.6 Å². The highest BCUT2D eigenvalue weighted by molar-refractivity contribution is 5.78. The Morgan fingerprint density at radius 2 is 1.76 bits per heavy atom. The summed E-state index contributed by atoms with van der Waals surface area (Å²) in [7, 11) is 0. The van der Waals surface area contributed by atoms with Gasteiger partial charge in [0.1, 0.15) is 18.8 Å². The lowest BCUT2D eigenvalue weighted by Crippen LogP contribution is -2.58. The molecule has 4 bridgehead atoms. The van der Waals surface area contributed by atoms with Gasteiger partial charge in [-0.15, -0.1) is 0 Å². The third-order valence-corrected chi connectivity index (χ3v) is 6.09. The zero-order valence-electron chi connectivity index (χ0n) is 15.4. The summed E-state index contributed by atoms with van der Waals surface area (Å²) >= 11 is 0. The molecule has 0 radical (unpaired) electrons. The Morgan fingerprint density at radius 3 is 2.28 bits per heavy atom. The number of carbonyl (C=O) groups excluding carboxylic acids is 2. The molecule has 4 aliphatic rings. The molecule has 3 unspecified atom stereocenters. The number of aliphatic hydroxyl groups excluding tert-OH is 2. The van der Waals surface area contributed by atoms with Crippen LogP contribution in [0, 0.1) is 28.6 Å². The van der Waals surface area contributed by atoms with Crippen LogP contribution in [0.4, 0.5) is 0 Å². The third-order valence-electron chi connectivity index (χ3n) is 6.09. The minimum absolute atomic E-state index is 0.0905. The number of hydrogen-bond donors (Lipinski definition) is 2. The summed E-state index contributed by atoms with van der Waals surface area (Å²) in [5.41, 5.74) is -1.03. The van der Waals surface area contributed by atoms with Crippen molar-refractivity contribution in [2.45, 2.75) is 65.1 Å². The molecule has 4 saturated carbocycles. The predicted molar refractivity (Wildman–Crippen MR) is 89.4 cm³/mol. The number of rotatable bonds is 5. The summed E-state index contributed by atoms with van der Waals surface area (Å²) in [4.78, 5) is 25.0. The molecule has 142 valence electrons. The lowest BCUT2D eigenvalue weighted by atomic mass is 9.48. The maximum absolute atomic E-state index is 12.7. The molecule has 4 fully saturated rings. The largest absolute Gasteiger partial charge is 0.462 e. The molecule has 0 spiro atoms. The van der Waals surface area contributed by atoms with Crippen molar-refractivity contribution in [3.8, 4) is 0 Å². The van der Waals surface area contributed by atoms with E-state index in [2.05, 4.69) is 0 Å². The summed E-state index contributed by atoms with van der Waals surface area (Å²) in [6.45, 7) is 4.99. The number of ether oxygens (including phenoxy) is 2. The minimum Gasteiger partial charge on any atom is -0.462 e. The molecule has 0 aromatic carbocycles. The van der Waals surface area contributed by atoms with Crippen LogP contribution in [0.2, 0.25) is 0 Å². The molecular weight excluding hydrogens is 324 g/mol. The van der Waals surface area contributed by atoms with Crippen molar-refractivity contribution in [1.82, 2.24) is 0 Å². The van der Waals surface area contributed by atoms with Gasteiger partial charge in [0.05, 0.1) is 17.4 Å². The molecule has 3 atom stereocenters. The predicted octanol–water partition coefficient (Wildman–Crippen LogP) is 1.67. The Balaban J connectivity index is 1.68. The van der Waals surface area contributed by atoms with E-state index in [1.165, 1.54) is 0 Å². The van der Waals surface area contributed by atoms with Gasteiger partial charge in [0.25, 0.3) is 0 Å². The monoisotopic (exact) mass is 354 g/mol. The number of hydrogen-bond acceptors (Lipinski definition) is 6. The molecule has 6 nitrogen and oxygen atoms in total. The minimum atomic E-state index is -1.03. The molecular formula is C19H30O6. The van der Waals surface area contributed by atoms with Crippen LogP contribution in [0.5, 0.6) is 0 Å². The van der Waals surface area contributed by atoms with E-state index in [1.807, 2.05) is 20.8 Å². The Morgan fingerprint density at radius 1 is 1.16 bits per heavy atom. The maximum atomic E-state index is 12.7. The second kappa shape index (κ2) is 6.54. The van der Waals surface area contributed by atoms with E-state index < -0.39 is 23.5 Å². The Bertz CT molecular complexity index is 521. The first kappa shape index (κ1) is 18.6. The molecule has 0 heterocycles.